The van der Waals surface area contributed by atoms with Gasteiger partial charge in [0.25, 0.3) is 0 Å². The highest BCUT2D eigenvalue weighted by atomic mass is 16.3. The predicted molar refractivity (Wildman–Crippen MR) is 95.9 cm³/mol. The first-order valence-electron chi connectivity index (χ1n) is 8.80. The third kappa shape index (κ3) is 4.60. The van der Waals surface area contributed by atoms with Crippen molar-refractivity contribution in [2.24, 2.45) is 5.92 Å². The van der Waals surface area contributed by atoms with Crippen LogP contribution in [-0.4, -0.2) is 29.0 Å². The summed E-state index contributed by atoms with van der Waals surface area (Å²) in [5, 5.41) is 9.29. The summed E-state index contributed by atoms with van der Waals surface area (Å²) in [6.07, 6.45) is 4.60. The summed E-state index contributed by atoms with van der Waals surface area (Å²) < 4.78 is 0. The van der Waals surface area contributed by atoms with E-state index in [1.807, 2.05) is 17.0 Å². The van der Waals surface area contributed by atoms with E-state index in [2.05, 4.69) is 30.3 Å². The topological polar surface area (TPSA) is 40.5 Å². The Balaban J connectivity index is 1.42. The van der Waals surface area contributed by atoms with Crippen LogP contribution in [0.15, 0.2) is 54.6 Å². The van der Waals surface area contributed by atoms with E-state index in [1.165, 1.54) is 5.56 Å². The molecule has 1 saturated heterocycles. The van der Waals surface area contributed by atoms with Gasteiger partial charge in [0.1, 0.15) is 5.75 Å². The zero-order chi connectivity index (χ0) is 16.8. The van der Waals surface area contributed by atoms with E-state index in [9.17, 15) is 9.90 Å². The number of piperidine rings is 1. The molecule has 1 aliphatic rings. The second kappa shape index (κ2) is 8.00. The quantitative estimate of drug-likeness (QED) is 0.909. The Bertz CT molecular complexity index is 643. The van der Waals surface area contributed by atoms with Crippen molar-refractivity contribution < 1.29 is 9.90 Å². The highest BCUT2D eigenvalue weighted by molar-refractivity contribution is 5.76. The second-order valence-corrected chi connectivity index (χ2v) is 6.68. The van der Waals surface area contributed by atoms with Crippen molar-refractivity contribution in [1.82, 2.24) is 4.90 Å². The van der Waals surface area contributed by atoms with Crippen LogP contribution in [0.1, 0.15) is 30.4 Å². The molecular formula is C21H25NO2. The monoisotopic (exact) mass is 323 g/mol. The molecule has 0 unspecified atom stereocenters. The van der Waals surface area contributed by atoms with E-state index in [1.54, 1.807) is 12.1 Å². The van der Waals surface area contributed by atoms with E-state index in [4.69, 9.17) is 0 Å². The fourth-order valence-corrected chi connectivity index (χ4v) is 3.41. The molecule has 126 valence electrons. The average molecular weight is 323 g/mol. The first kappa shape index (κ1) is 16.6. The Hall–Kier alpha value is -2.29. The standard InChI is InChI=1S/C21H25NO2/c23-20-9-6-17(7-10-20)8-11-21(24)22-14-12-19(13-15-22)16-18-4-2-1-3-5-18/h1-7,9-10,19,23H,8,11-16H2. The first-order chi connectivity index (χ1) is 11.7. The molecule has 3 rings (SSSR count). The summed E-state index contributed by atoms with van der Waals surface area (Å²) in [6, 6.07) is 17.7. The lowest BCUT2D eigenvalue weighted by Crippen LogP contribution is -2.39. The Labute approximate surface area is 143 Å². The normalized spacial score (nSPS) is 15.4. The van der Waals surface area contributed by atoms with Gasteiger partial charge in [-0.05, 0) is 54.9 Å². The number of amides is 1. The van der Waals surface area contributed by atoms with E-state index in [0.717, 1.165) is 44.3 Å². The van der Waals surface area contributed by atoms with Gasteiger partial charge in [-0.1, -0.05) is 42.5 Å². The fraction of sp³-hybridized carbons (Fsp3) is 0.381. The number of carbonyl (C=O) groups is 1. The van der Waals surface area contributed by atoms with Gasteiger partial charge in [-0.15, -0.1) is 0 Å². The number of carbonyl (C=O) groups excluding carboxylic acids is 1. The van der Waals surface area contributed by atoms with Crippen molar-refractivity contribution >= 4 is 5.91 Å². The molecular weight excluding hydrogens is 298 g/mol. The maximum Gasteiger partial charge on any atom is 0.222 e. The summed E-state index contributed by atoms with van der Waals surface area (Å²) in [4.78, 5) is 14.4. The lowest BCUT2D eigenvalue weighted by Gasteiger charge is -2.32. The van der Waals surface area contributed by atoms with E-state index in [0.29, 0.717) is 12.3 Å². The maximum atomic E-state index is 12.4. The van der Waals surface area contributed by atoms with Crippen molar-refractivity contribution in [3.05, 3.63) is 65.7 Å². The molecule has 0 atom stereocenters. The van der Waals surface area contributed by atoms with Gasteiger partial charge < -0.3 is 10.0 Å². The SMILES string of the molecule is O=C(CCc1ccc(O)cc1)N1CCC(Cc2ccccc2)CC1. The molecule has 1 heterocycles. The zero-order valence-corrected chi connectivity index (χ0v) is 14.0. The van der Waals surface area contributed by atoms with Crippen LogP contribution in [0, 0.1) is 5.92 Å². The number of aromatic hydroxyl groups is 1. The van der Waals surface area contributed by atoms with Crippen LogP contribution in [0.25, 0.3) is 0 Å². The minimum absolute atomic E-state index is 0.251. The van der Waals surface area contributed by atoms with Crippen LogP contribution < -0.4 is 0 Å². The Morgan fingerprint density at radius 2 is 1.62 bits per heavy atom. The molecule has 3 nitrogen and oxygen atoms in total. The number of phenols is 1. The first-order valence-corrected chi connectivity index (χ1v) is 8.80. The summed E-state index contributed by atoms with van der Waals surface area (Å²) in [6.45, 7) is 1.76. The van der Waals surface area contributed by atoms with Gasteiger partial charge in [0.05, 0.1) is 0 Å². The molecule has 0 radical (unpaired) electrons. The van der Waals surface area contributed by atoms with Crippen molar-refractivity contribution in [2.45, 2.75) is 32.1 Å². The van der Waals surface area contributed by atoms with Gasteiger partial charge in [0, 0.05) is 19.5 Å². The highest BCUT2D eigenvalue weighted by Crippen LogP contribution is 2.22. The van der Waals surface area contributed by atoms with Crippen LogP contribution in [0.4, 0.5) is 0 Å². The van der Waals surface area contributed by atoms with Gasteiger partial charge in [-0.3, -0.25) is 4.79 Å². The largest absolute Gasteiger partial charge is 0.508 e. The van der Waals surface area contributed by atoms with E-state index < -0.39 is 0 Å². The minimum Gasteiger partial charge on any atom is -0.508 e. The summed E-state index contributed by atoms with van der Waals surface area (Å²) in [5.74, 6) is 1.21. The molecule has 1 aliphatic heterocycles. The van der Waals surface area contributed by atoms with Crippen LogP contribution >= 0.6 is 0 Å². The highest BCUT2D eigenvalue weighted by Gasteiger charge is 2.22. The number of rotatable bonds is 5. The Morgan fingerprint density at radius 1 is 0.958 bits per heavy atom. The zero-order valence-electron chi connectivity index (χ0n) is 14.0. The van der Waals surface area contributed by atoms with Crippen LogP contribution in [0.2, 0.25) is 0 Å². The van der Waals surface area contributed by atoms with Gasteiger partial charge >= 0.3 is 0 Å². The lowest BCUT2D eigenvalue weighted by atomic mass is 9.90. The van der Waals surface area contributed by atoms with Crippen molar-refractivity contribution in [2.75, 3.05) is 13.1 Å². The average Bonchev–Trinajstić information content (AvgIpc) is 2.62. The molecule has 2 aromatic carbocycles. The van der Waals surface area contributed by atoms with Crippen LogP contribution in [0.3, 0.4) is 0 Å². The number of likely N-dealkylation sites (tertiary alicyclic amines) is 1. The molecule has 0 bridgehead atoms. The van der Waals surface area contributed by atoms with Gasteiger partial charge in [-0.25, -0.2) is 0 Å². The number of hydrogen-bond acceptors (Lipinski definition) is 2. The van der Waals surface area contributed by atoms with Gasteiger partial charge in [0.2, 0.25) is 5.91 Å². The number of nitrogens with zero attached hydrogens (tertiary/aromatic N) is 1. The molecule has 3 heteroatoms. The number of hydrogen-bond donors (Lipinski definition) is 1. The molecule has 2 aromatic rings. The van der Waals surface area contributed by atoms with E-state index >= 15 is 0 Å². The predicted octanol–water partition coefficient (Wildman–Crippen LogP) is 3.81. The molecule has 0 spiro atoms. The number of aryl methyl sites for hydroxylation is 1. The smallest absolute Gasteiger partial charge is 0.222 e. The maximum absolute atomic E-state index is 12.4. The minimum atomic E-state index is 0.251. The third-order valence-corrected chi connectivity index (χ3v) is 4.90. The molecule has 0 saturated carbocycles. The Morgan fingerprint density at radius 3 is 2.29 bits per heavy atom. The Kier molecular flexibility index (Phi) is 5.52. The molecule has 0 aliphatic carbocycles. The molecule has 1 amide bonds. The third-order valence-electron chi connectivity index (χ3n) is 4.90. The van der Waals surface area contributed by atoms with Gasteiger partial charge in [-0.2, -0.15) is 0 Å². The summed E-state index contributed by atoms with van der Waals surface area (Å²) >= 11 is 0. The molecule has 24 heavy (non-hydrogen) atoms. The second-order valence-electron chi connectivity index (χ2n) is 6.68. The van der Waals surface area contributed by atoms with Crippen molar-refractivity contribution in [3.63, 3.8) is 0 Å². The van der Waals surface area contributed by atoms with Crippen molar-refractivity contribution in [3.8, 4) is 5.75 Å². The van der Waals surface area contributed by atoms with E-state index in [-0.39, 0.29) is 11.7 Å². The van der Waals surface area contributed by atoms with Crippen molar-refractivity contribution in [1.29, 1.82) is 0 Å². The van der Waals surface area contributed by atoms with Crippen LogP contribution in [0.5, 0.6) is 5.75 Å². The number of benzene rings is 2. The molecule has 1 fully saturated rings. The lowest BCUT2D eigenvalue weighted by molar-refractivity contribution is -0.132. The van der Waals surface area contributed by atoms with Crippen LogP contribution in [-0.2, 0) is 17.6 Å². The molecule has 1 N–H and O–H groups in total. The summed E-state index contributed by atoms with van der Waals surface area (Å²) in [7, 11) is 0. The summed E-state index contributed by atoms with van der Waals surface area (Å²) in [5.41, 5.74) is 2.50. The fourth-order valence-electron chi connectivity index (χ4n) is 3.41. The van der Waals surface area contributed by atoms with Gasteiger partial charge in [0.15, 0.2) is 0 Å². The molecule has 0 aromatic heterocycles. The number of phenolic OH excluding ortho intramolecular Hbond substituents is 1.